The maximum Gasteiger partial charge on any atom is 0.143 e. The second-order valence-corrected chi connectivity index (χ2v) is 15.5. The van der Waals surface area contributed by atoms with Crippen LogP contribution in [0.1, 0.15) is 0 Å². The number of benzene rings is 11. The molecule has 13 aromatic rings. The van der Waals surface area contributed by atoms with E-state index >= 15 is 0 Å². The first-order valence-electron chi connectivity index (χ1n) is 19.9. The van der Waals surface area contributed by atoms with Crippen LogP contribution in [0.4, 0.5) is 0 Å². The van der Waals surface area contributed by atoms with Gasteiger partial charge in [0.1, 0.15) is 22.3 Å². The van der Waals surface area contributed by atoms with Crippen molar-refractivity contribution in [3.63, 3.8) is 0 Å². The summed E-state index contributed by atoms with van der Waals surface area (Å²) in [5, 5.41) is 16.5. The van der Waals surface area contributed by atoms with Gasteiger partial charge >= 0.3 is 0 Å². The number of rotatable bonds is 3. The van der Waals surface area contributed by atoms with Gasteiger partial charge in [0.25, 0.3) is 0 Å². The van der Waals surface area contributed by atoms with Crippen molar-refractivity contribution >= 4 is 97.7 Å². The molecule has 2 aromatic heterocycles. The van der Waals surface area contributed by atoms with Gasteiger partial charge < -0.3 is 8.83 Å². The van der Waals surface area contributed by atoms with E-state index in [1.54, 1.807) is 0 Å². The van der Waals surface area contributed by atoms with Crippen LogP contribution in [0.15, 0.2) is 203 Å². The molecule has 0 saturated carbocycles. The number of hydrogen-bond donors (Lipinski definition) is 0. The van der Waals surface area contributed by atoms with Crippen LogP contribution in [0.25, 0.3) is 131 Å². The Morgan fingerprint density at radius 3 is 1.26 bits per heavy atom. The molecule has 0 aliphatic carbocycles. The molecule has 0 bridgehead atoms. The van der Waals surface area contributed by atoms with Crippen molar-refractivity contribution in [2.45, 2.75) is 0 Å². The minimum Gasteiger partial charge on any atom is -0.455 e. The lowest BCUT2D eigenvalue weighted by molar-refractivity contribution is 0.670. The predicted octanol–water partition coefficient (Wildman–Crippen LogP) is 16.3. The summed E-state index contributed by atoms with van der Waals surface area (Å²) in [5.74, 6) is 0. The van der Waals surface area contributed by atoms with Gasteiger partial charge in [-0.2, -0.15) is 0 Å². The second-order valence-electron chi connectivity index (χ2n) is 15.5. The Balaban J connectivity index is 1.20. The molecule has 0 saturated heterocycles. The summed E-state index contributed by atoms with van der Waals surface area (Å²) < 4.78 is 13.7. The molecule has 2 nitrogen and oxygen atoms in total. The molecule has 0 atom stereocenters. The molecule has 268 valence electrons. The summed E-state index contributed by atoms with van der Waals surface area (Å²) in [6.45, 7) is 0. The smallest absolute Gasteiger partial charge is 0.143 e. The van der Waals surface area contributed by atoms with Gasteiger partial charge in [-0.1, -0.05) is 158 Å². The van der Waals surface area contributed by atoms with Crippen LogP contribution < -0.4 is 0 Å². The Bertz CT molecular complexity index is 3650. The molecule has 0 aliphatic rings. The van der Waals surface area contributed by atoms with Gasteiger partial charge in [-0.25, -0.2) is 0 Å². The standard InChI is InChI=1S/C56H32O2/c1-2-14-34-29-37(28-27-33(34)13-1)52-42-23-11-21-40(48-30-35-15-3-5-17-38(35)53-44-19-7-9-25-50(44)57-55(48)53)46(42)32-47-41(22-12-24-43(47)52)49-31-36-16-4-6-18-39(36)54-45-20-8-10-26-51(45)58-56(49)54/h1-32H. The molecule has 0 radical (unpaired) electrons. The van der Waals surface area contributed by atoms with Gasteiger partial charge in [-0.3, -0.25) is 0 Å². The predicted molar refractivity (Wildman–Crippen MR) is 245 cm³/mol. The minimum absolute atomic E-state index is 0.895. The molecule has 11 aromatic carbocycles. The summed E-state index contributed by atoms with van der Waals surface area (Å²) in [4.78, 5) is 0. The van der Waals surface area contributed by atoms with Crippen molar-refractivity contribution in [1.82, 2.24) is 0 Å². The fraction of sp³-hybridized carbons (Fsp3) is 0. The van der Waals surface area contributed by atoms with Crippen molar-refractivity contribution in [3.8, 4) is 33.4 Å². The van der Waals surface area contributed by atoms with Crippen molar-refractivity contribution in [3.05, 3.63) is 194 Å². The molecule has 0 aliphatic heterocycles. The Morgan fingerprint density at radius 1 is 0.259 bits per heavy atom. The average molecular weight is 737 g/mol. The van der Waals surface area contributed by atoms with Crippen molar-refractivity contribution < 1.29 is 8.83 Å². The maximum absolute atomic E-state index is 6.84. The summed E-state index contributed by atoms with van der Waals surface area (Å²) >= 11 is 0. The first-order valence-corrected chi connectivity index (χ1v) is 19.9. The number of furan rings is 2. The molecular formula is C56H32O2. The van der Waals surface area contributed by atoms with E-state index in [0.29, 0.717) is 0 Å². The molecule has 58 heavy (non-hydrogen) atoms. The molecular weight excluding hydrogens is 705 g/mol. The third kappa shape index (κ3) is 4.43. The van der Waals surface area contributed by atoms with Gasteiger partial charge in [0.2, 0.25) is 0 Å². The van der Waals surface area contributed by atoms with Crippen LogP contribution in [0.3, 0.4) is 0 Å². The Kier molecular flexibility index (Phi) is 6.47. The van der Waals surface area contributed by atoms with Crippen molar-refractivity contribution in [2.24, 2.45) is 0 Å². The Hall–Kier alpha value is -7.68. The highest BCUT2D eigenvalue weighted by molar-refractivity contribution is 6.27. The first kappa shape index (κ1) is 31.5. The topological polar surface area (TPSA) is 26.3 Å². The number of para-hydroxylation sites is 2. The molecule has 2 heterocycles. The van der Waals surface area contributed by atoms with E-state index in [1.807, 2.05) is 0 Å². The number of fused-ring (bicyclic) bond motifs is 13. The van der Waals surface area contributed by atoms with Gasteiger partial charge in [0.05, 0.1) is 0 Å². The van der Waals surface area contributed by atoms with E-state index in [9.17, 15) is 0 Å². The molecule has 0 fully saturated rings. The monoisotopic (exact) mass is 736 g/mol. The molecule has 0 spiro atoms. The highest BCUT2D eigenvalue weighted by atomic mass is 16.3. The summed E-state index contributed by atoms with van der Waals surface area (Å²) in [5.41, 5.74) is 10.4. The SMILES string of the molecule is c1ccc2cc(-c3c4cccc(-c5cc6ccccc6c6c5oc5ccccc56)c4cc4c(-c5cc6ccccc6c6c5oc5ccccc56)cccc34)ccc2c1. The first-order chi connectivity index (χ1) is 28.8. The van der Waals surface area contributed by atoms with E-state index in [1.165, 1.54) is 65.0 Å². The van der Waals surface area contributed by atoms with Gasteiger partial charge in [-0.15, -0.1) is 0 Å². The van der Waals surface area contributed by atoms with Crippen molar-refractivity contribution in [1.29, 1.82) is 0 Å². The van der Waals surface area contributed by atoms with E-state index in [2.05, 4.69) is 194 Å². The van der Waals surface area contributed by atoms with Crippen LogP contribution >= 0.6 is 0 Å². The van der Waals surface area contributed by atoms with Gasteiger partial charge in [0, 0.05) is 32.7 Å². The van der Waals surface area contributed by atoms with Gasteiger partial charge in [0.15, 0.2) is 0 Å². The van der Waals surface area contributed by atoms with Crippen molar-refractivity contribution in [2.75, 3.05) is 0 Å². The fourth-order valence-electron chi connectivity index (χ4n) is 9.84. The third-order valence-corrected chi connectivity index (χ3v) is 12.4. The zero-order valence-corrected chi connectivity index (χ0v) is 31.3. The van der Waals surface area contributed by atoms with Crippen LogP contribution in [-0.2, 0) is 0 Å². The summed E-state index contributed by atoms with van der Waals surface area (Å²) in [7, 11) is 0. The van der Waals surface area contributed by atoms with E-state index in [0.717, 1.165) is 66.1 Å². The quantitative estimate of drug-likeness (QED) is 0.169. The minimum atomic E-state index is 0.895. The third-order valence-electron chi connectivity index (χ3n) is 12.4. The molecule has 0 amide bonds. The van der Waals surface area contributed by atoms with Crippen LogP contribution in [-0.4, -0.2) is 0 Å². The molecule has 2 heteroatoms. The second kappa shape index (κ2) is 11.9. The summed E-state index contributed by atoms with van der Waals surface area (Å²) in [6.07, 6.45) is 0. The van der Waals surface area contributed by atoms with E-state index in [-0.39, 0.29) is 0 Å². The van der Waals surface area contributed by atoms with Gasteiger partial charge in [-0.05, 0) is 113 Å². The zero-order valence-electron chi connectivity index (χ0n) is 31.3. The number of hydrogen-bond acceptors (Lipinski definition) is 2. The lowest BCUT2D eigenvalue weighted by Gasteiger charge is -2.18. The Morgan fingerprint density at radius 2 is 0.707 bits per heavy atom. The molecule has 13 rings (SSSR count). The molecule has 0 unspecified atom stereocenters. The molecule has 0 N–H and O–H groups in total. The van der Waals surface area contributed by atoms with E-state index < -0.39 is 0 Å². The lowest BCUT2D eigenvalue weighted by atomic mass is 9.85. The van der Waals surface area contributed by atoms with Crippen LogP contribution in [0.5, 0.6) is 0 Å². The fourth-order valence-corrected chi connectivity index (χ4v) is 9.84. The Labute approximate surface area is 332 Å². The largest absolute Gasteiger partial charge is 0.455 e. The van der Waals surface area contributed by atoms with Crippen LogP contribution in [0, 0.1) is 0 Å². The summed E-state index contributed by atoms with van der Waals surface area (Å²) in [6, 6.07) is 70.3. The lowest BCUT2D eigenvalue weighted by Crippen LogP contribution is -1.92. The maximum atomic E-state index is 6.84. The highest BCUT2D eigenvalue weighted by Crippen LogP contribution is 2.49. The highest BCUT2D eigenvalue weighted by Gasteiger charge is 2.22. The van der Waals surface area contributed by atoms with Crippen LogP contribution in [0.2, 0.25) is 0 Å². The average Bonchev–Trinajstić information content (AvgIpc) is 3.87. The zero-order chi connectivity index (χ0) is 37.9. The normalized spacial score (nSPS) is 12.1. The van der Waals surface area contributed by atoms with E-state index in [4.69, 9.17) is 8.83 Å².